The highest BCUT2D eigenvalue weighted by Gasteiger charge is 2.16. The molecule has 0 saturated carbocycles. The smallest absolute Gasteiger partial charge is 0.336 e. The monoisotopic (exact) mass is 281 g/mol. The number of allylic oxidation sites excluding steroid dienone is 1. The summed E-state index contributed by atoms with van der Waals surface area (Å²) in [5.41, 5.74) is 1.63. The van der Waals surface area contributed by atoms with Crippen molar-refractivity contribution in [3.05, 3.63) is 71.3 Å². The van der Waals surface area contributed by atoms with Gasteiger partial charge in [0, 0.05) is 5.69 Å². The number of carboxylic acids is 1. The summed E-state index contributed by atoms with van der Waals surface area (Å²) in [4.78, 5) is 23.5. The van der Waals surface area contributed by atoms with E-state index in [0.717, 1.165) is 5.56 Å². The molecule has 2 rings (SSSR count). The van der Waals surface area contributed by atoms with Gasteiger partial charge in [0.1, 0.15) is 0 Å². The maximum absolute atomic E-state index is 12.3. The minimum Gasteiger partial charge on any atom is -0.478 e. The molecule has 0 aliphatic heterocycles. The predicted octanol–water partition coefficient (Wildman–Crippen LogP) is 3.67. The SMILES string of the molecule is C/C=C\c1ccccc1NC(=O)c1ccccc1C(=O)O. The van der Waals surface area contributed by atoms with Crippen molar-refractivity contribution in [2.45, 2.75) is 6.92 Å². The first-order valence-electron chi connectivity index (χ1n) is 6.49. The molecule has 4 heteroatoms. The molecule has 0 radical (unpaired) electrons. The van der Waals surface area contributed by atoms with E-state index >= 15 is 0 Å². The molecule has 0 aliphatic rings. The van der Waals surface area contributed by atoms with Crippen molar-refractivity contribution in [2.24, 2.45) is 0 Å². The van der Waals surface area contributed by atoms with E-state index in [0.29, 0.717) is 5.69 Å². The van der Waals surface area contributed by atoms with E-state index in [4.69, 9.17) is 5.11 Å². The molecule has 4 nitrogen and oxygen atoms in total. The van der Waals surface area contributed by atoms with Gasteiger partial charge in [-0.2, -0.15) is 0 Å². The topological polar surface area (TPSA) is 66.4 Å². The summed E-state index contributed by atoms with van der Waals surface area (Å²) in [5, 5.41) is 11.9. The standard InChI is InChI=1S/C17H15NO3/c1-2-7-12-8-3-6-11-15(12)18-16(19)13-9-4-5-10-14(13)17(20)21/h2-11H,1H3,(H,18,19)(H,20,21)/b7-2-. The summed E-state index contributed by atoms with van der Waals surface area (Å²) in [6.07, 6.45) is 3.74. The van der Waals surface area contributed by atoms with E-state index < -0.39 is 11.9 Å². The van der Waals surface area contributed by atoms with E-state index in [2.05, 4.69) is 5.32 Å². The van der Waals surface area contributed by atoms with Gasteiger partial charge < -0.3 is 10.4 Å². The summed E-state index contributed by atoms with van der Waals surface area (Å²) in [5.74, 6) is -1.56. The number of rotatable bonds is 4. The Balaban J connectivity index is 2.33. The van der Waals surface area contributed by atoms with Gasteiger partial charge in [0.15, 0.2) is 0 Å². The maximum Gasteiger partial charge on any atom is 0.336 e. The summed E-state index contributed by atoms with van der Waals surface area (Å²) in [6.45, 7) is 1.89. The molecule has 0 spiro atoms. The summed E-state index contributed by atoms with van der Waals surface area (Å²) in [7, 11) is 0. The third kappa shape index (κ3) is 3.36. The fourth-order valence-electron chi connectivity index (χ4n) is 1.99. The Morgan fingerprint density at radius 1 is 1.00 bits per heavy atom. The molecule has 0 heterocycles. The Morgan fingerprint density at radius 2 is 1.62 bits per heavy atom. The van der Waals surface area contributed by atoms with Crippen molar-refractivity contribution >= 4 is 23.6 Å². The molecule has 0 fully saturated rings. The number of amides is 1. The van der Waals surface area contributed by atoms with Crippen LogP contribution in [0.2, 0.25) is 0 Å². The molecule has 2 aromatic carbocycles. The zero-order valence-electron chi connectivity index (χ0n) is 11.5. The molecule has 2 aromatic rings. The van der Waals surface area contributed by atoms with Crippen LogP contribution in [-0.2, 0) is 0 Å². The fourth-order valence-corrected chi connectivity index (χ4v) is 1.99. The predicted molar refractivity (Wildman–Crippen MR) is 82.5 cm³/mol. The number of anilines is 1. The van der Waals surface area contributed by atoms with Crippen molar-refractivity contribution in [1.29, 1.82) is 0 Å². The first kappa shape index (κ1) is 14.5. The van der Waals surface area contributed by atoms with Crippen LogP contribution in [0.15, 0.2) is 54.6 Å². The molecule has 0 unspecified atom stereocenters. The lowest BCUT2D eigenvalue weighted by molar-refractivity contribution is 0.0692. The van der Waals surface area contributed by atoms with Gasteiger partial charge in [-0.05, 0) is 30.7 Å². The first-order valence-corrected chi connectivity index (χ1v) is 6.49. The highest BCUT2D eigenvalue weighted by Crippen LogP contribution is 2.19. The van der Waals surface area contributed by atoms with Crippen LogP contribution in [0.3, 0.4) is 0 Å². The number of carbonyl (C=O) groups is 2. The van der Waals surface area contributed by atoms with Crippen LogP contribution in [0.4, 0.5) is 5.69 Å². The van der Waals surface area contributed by atoms with Crippen molar-refractivity contribution in [3.8, 4) is 0 Å². The summed E-state index contributed by atoms with van der Waals surface area (Å²) >= 11 is 0. The fraction of sp³-hybridized carbons (Fsp3) is 0.0588. The van der Waals surface area contributed by atoms with Crippen LogP contribution in [0.1, 0.15) is 33.2 Å². The Hall–Kier alpha value is -2.88. The molecule has 1 amide bonds. The largest absolute Gasteiger partial charge is 0.478 e. The molecule has 21 heavy (non-hydrogen) atoms. The van der Waals surface area contributed by atoms with Gasteiger partial charge >= 0.3 is 5.97 Å². The lowest BCUT2D eigenvalue weighted by Crippen LogP contribution is -2.16. The number of nitrogens with one attached hydrogen (secondary N) is 1. The molecule has 0 aliphatic carbocycles. The number of carbonyl (C=O) groups excluding carboxylic acids is 1. The van der Waals surface area contributed by atoms with Crippen LogP contribution in [0.5, 0.6) is 0 Å². The minimum absolute atomic E-state index is 0.0153. The highest BCUT2D eigenvalue weighted by atomic mass is 16.4. The van der Waals surface area contributed by atoms with E-state index in [1.54, 1.807) is 18.2 Å². The van der Waals surface area contributed by atoms with Crippen LogP contribution in [0.25, 0.3) is 6.08 Å². The van der Waals surface area contributed by atoms with Crippen LogP contribution < -0.4 is 5.32 Å². The molecule has 0 aromatic heterocycles. The first-order chi connectivity index (χ1) is 10.1. The van der Waals surface area contributed by atoms with Crippen LogP contribution in [0, 0.1) is 0 Å². The van der Waals surface area contributed by atoms with Gasteiger partial charge in [0.25, 0.3) is 5.91 Å². The zero-order valence-corrected chi connectivity index (χ0v) is 11.5. The number of hydrogen-bond acceptors (Lipinski definition) is 2. The van der Waals surface area contributed by atoms with Crippen molar-refractivity contribution in [3.63, 3.8) is 0 Å². The second kappa shape index (κ2) is 6.52. The average molecular weight is 281 g/mol. The molecule has 0 atom stereocenters. The van der Waals surface area contributed by atoms with E-state index in [1.807, 2.05) is 37.3 Å². The van der Waals surface area contributed by atoms with Gasteiger partial charge in [-0.25, -0.2) is 4.79 Å². The van der Waals surface area contributed by atoms with Gasteiger partial charge in [-0.15, -0.1) is 0 Å². The minimum atomic E-state index is -1.12. The molecule has 0 bridgehead atoms. The van der Waals surface area contributed by atoms with Crippen LogP contribution in [-0.4, -0.2) is 17.0 Å². The van der Waals surface area contributed by atoms with E-state index in [9.17, 15) is 9.59 Å². The van der Waals surface area contributed by atoms with E-state index in [1.165, 1.54) is 12.1 Å². The molecular formula is C17H15NO3. The number of aromatic carboxylic acids is 1. The van der Waals surface area contributed by atoms with Crippen molar-refractivity contribution in [1.82, 2.24) is 0 Å². The van der Waals surface area contributed by atoms with Gasteiger partial charge in [0.2, 0.25) is 0 Å². The Kier molecular flexibility index (Phi) is 4.51. The average Bonchev–Trinajstić information content (AvgIpc) is 2.49. The van der Waals surface area contributed by atoms with Crippen molar-refractivity contribution < 1.29 is 14.7 Å². The van der Waals surface area contributed by atoms with Gasteiger partial charge in [0.05, 0.1) is 11.1 Å². The summed E-state index contributed by atoms with van der Waals surface area (Å²) < 4.78 is 0. The number of benzene rings is 2. The second-order valence-electron chi connectivity index (χ2n) is 4.39. The number of para-hydroxylation sites is 1. The lowest BCUT2D eigenvalue weighted by atomic mass is 10.1. The number of carboxylic acid groups (broad SMARTS) is 1. The Morgan fingerprint density at radius 3 is 2.29 bits per heavy atom. The maximum atomic E-state index is 12.3. The van der Waals surface area contributed by atoms with Crippen molar-refractivity contribution in [2.75, 3.05) is 5.32 Å². The second-order valence-corrected chi connectivity index (χ2v) is 4.39. The third-order valence-corrected chi connectivity index (χ3v) is 2.96. The lowest BCUT2D eigenvalue weighted by Gasteiger charge is -2.10. The molecule has 2 N–H and O–H groups in total. The van der Waals surface area contributed by atoms with Gasteiger partial charge in [-0.3, -0.25) is 4.79 Å². The Bertz CT molecular complexity index is 705. The normalized spacial score (nSPS) is 10.5. The highest BCUT2D eigenvalue weighted by molar-refractivity contribution is 6.11. The van der Waals surface area contributed by atoms with Gasteiger partial charge in [-0.1, -0.05) is 42.5 Å². The molecular weight excluding hydrogens is 266 g/mol. The van der Waals surface area contributed by atoms with E-state index in [-0.39, 0.29) is 11.1 Å². The zero-order chi connectivity index (χ0) is 15.2. The molecule has 106 valence electrons. The quantitative estimate of drug-likeness (QED) is 0.898. The number of hydrogen-bond donors (Lipinski definition) is 2. The third-order valence-electron chi connectivity index (χ3n) is 2.96. The molecule has 0 saturated heterocycles. The Labute approximate surface area is 122 Å². The van der Waals surface area contributed by atoms with Crippen LogP contribution >= 0.6 is 0 Å². The summed E-state index contributed by atoms with van der Waals surface area (Å²) in [6, 6.07) is 13.5.